The highest BCUT2D eigenvalue weighted by Gasteiger charge is 2.32. The van der Waals surface area contributed by atoms with E-state index in [1.165, 1.54) is 0 Å². The minimum Gasteiger partial charge on any atom is -0.494 e. The number of nitrogens with zero attached hydrogens (tertiary/aromatic N) is 2. The molecule has 7 heteroatoms. The third-order valence-electron chi connectivity index (χ3n) is 5.50. The van der Waals surface area contributed by atoms with Crippen LogP contribution < -0.4 is 4.74 Å². The topological polar surface area (TPSA) is 72.2 Å². The third kappa shape index (κ3) is 3.46. The second-order valence-corrected chi connectivity index (χ2v) is 7.27. The molecule has 7 nitrogen and oxygen atoms in total. The monoisotopic (exact) mass is 386 g/mol. The van der Waals surface area contributed by atoms with Crippen LogP contribution in [-0.2, 0) is 9.53 Å². The highest BCUT2D eigenvalue weighted by atomic mass is 16.5. The Morgan fingerprint density at radius 1 is 1.18 bits per heavy atom. The van der Waals surface area contributed by atoms with E-state index < -0.39 is 0 Å². The zero-order chi connectivity index (χ0) is 19.7. The van der Waals surface area contributed by atoms with Gasteiger partial charge in [0.05, 0.1) is 6.61 Å². The number of benzene rings is 1. The van der Waals surface area contributed by atoms with Crippen LogP contribution in [0.3, 0.4) is 0 Å². The van der Waals surface area contributed by atoms with Gasteiger partial charge in [-0.05, 0) is 44.9 Å². The van der Waals surface area contributed by atoms with E-state index >= 15 is 0 Å². The maximum absolute atomic E-state index is 13.0. The lowest BCUT2D eigenvalue weighted by Crippen LogP contribution is -2.52. The van der Waals surface area contributed by atoms with Gasteiger partial charge in [0.1, 0.15) is 17.4 Å². The molecule has 0 radical (unpaired) electrons. The van der Waals surface area contributed by atoms with Crippen molar-refractivity contribution in [1.29, 1.82) is 0 Å². The van der Waals surface area contributed by atoms with Crippen molar-refractivity contribution in [2.45, 2.75) is 32.8 Å². The van der Waals surface area contributed by atoms with Crippen molar-refractivity contribution in [2.24, 2.45) is 0 Å². The van der Waals surface area contributed by atoms with Crippen molar-refractivity contribution in [2.75, 3.05) is 39.4 Å². The first kappa shape index (κ1) is 18.8. The van der Waals surface area contributed by atoms with E-state index in [-0.39, 0.29) is 17.9 Å². The summed E-state index contributed by atoms with van der Waals surface area (Å²) in [6.45, 7) is 7.12. The van der Waals surface area contributed by atoms with Gasteiger partial charge in [0, 0.05) is 43.7 Å². The number of piperazine rings is 1. The van der Waals surface area contributed by atoms with Crippen LogP contribution in [0, 0.1) is 6.92 Å². The first-order chi connectivity index (χ1) is 13.6. The number of furan rings is 1. The number of hydrogen-bond donors (Lipinski definition) is 0. The first-order valence-electron chi connectivity index (χ1n) is 9.94. The second-order valence-electron chi connectivity index (χ2n) is 7.27. The molecule has 3 heterocycles. The molecular weight excluding hydrogens is 360 g/mol. The van der Waals surface area contributed by atoms with Crippen molar-refractivity contribution >= 4 is 22.8 Å². The molecule has 2 amide bonds. The Balaban J connectivity index is 1.45. The van der Waals surface area contributed by atoms with Gasteiger partial charge in [-0.2, -0.15) is 0 Å². The molecule has 28 heavy (non-hydrogen) atoms. The van der Waals surface area contributed by atoms with Gasteiger partial charge in [0.25, 0.3) is 11.8 Å². The molecule has 2 aliphatic heterocycles. The summed E-state index contributed by atoms with van der Waals surface area (Å²) in [5, 5.41) is 0.890. The SMILES string of the molecule is CCOc1ccc2oc(C(=O)N3CCN(C(=O)[C@H]4CCCO4)CC3)c(C)c2c1. The third-order valence-corrected chi connectivity index (χ3v) is 5.50. The predicted octanol–water partition coefficient (Wildman–Crippen LogP) is 2.60. The molecular formula is C21H26N2O5. The van der Waals surface area contributed by atoms with Crippen molar-refractivity contribution in [3.05, 3.63) is 29.5 Å². The smallest absolute Gasteiger partial charge is 0.290 e. The van der Waals surface area contributed by atoms with Crippen molar-refractivity contribution in [3.8, 4) is 5.75 Å². The number of fused-ring (bicyclic) bond motifs is 1. The minimum atomic E-state index is -0.306. The zero-order valence-corrected chi connectivity index (χ0v) is 16.4. The molecule has 2 saturated heterocycles. The largest absolute Gasteiger partial charge is 0.494 e. The summed E-state index contributed by atoms with van der Waals surface area (Å²) >= 11 is 0. The van der Waals surface area contributed by atoms with Crippen molar-refractivity contribution in [1.82, 2.24) is 9.80 Å². The second kappa shape index (κ2) is 7.83. The Labute approximate surface area is 164 Å². The normalized spacial score (nSPS) is 20.0. The van der Waals surface area contributed by atoms with E-state index in [0.717, 1.165) is 29.5 Å². The van der Waals surface area contributed by atoms with Crippen molar-refractivity contribution in [3.63, 3.8) is 0 Å². The number of carbonyl (C=O) groups is 2. The number of ether oxygens (including phenoxy) is 2. The quantitative estimate of drug-likeness (QED) is 0.808. The highest BCUT2D eigenvalue weighted by molar-refractivity contribution is 5.99. The molecule has 0 unspecified atom stereocenters. The van der Waals surface area contributed by atoms with Crippen LogP contribution in [0.25, 0.3) is 11.0 Å². The van der Waals surface area contributed by atoms with E-state index in [1.54, 1.807) is 9.80 Å². The van der Waals surface area contributed by atoms with Crippen LogP contribution >= 0.6 is 0 Å². The maximum atomic E-state index is 13.0. The van der Waals surface area contributed by atoms with Gasteiger partial charge in [0.15, 0.2) is 5.76 Å². The van der Waals surface area contributed by atoms with E-state index in [4.69, 9.17) is 13.9 Å². The number of carbonyl (C=O) groups excluding carboxylic acids is 2. The lowest BCUT2D eigenvalue weighted by Gasteiger charge is -2.35. The van der Waals surface area contributed by atoms with Crippen LogP contribution in [-0.4, -0.2) is 67.1 Å². The summed E-state index contributed by atoms with van der Waals surface area (Å²) in [6.07, 6.45) is 1.42. The minimum absolute atomic E-state index is 0.0490. The fraction of sp³-hybridized carbons (Fsp3) is 0.524. The fourth-order valence-corrected chi connectivity index (χ4v) is 3.91. The summed E-state index contributed by atoms with van der Waals surface area (Å²) in [4.78, 5) is 29.0. The Kier molecular flexibility index (Phi) is 5.26. The maximum Gasteiger partial charge on any atom is 0.290 e. The predicted molar refractivity (Wildman–Crippen MR) is 104 cm³/mol. The number of hydrogen-bond acceptors (Lipinski definition) is 5. The van der Waals surface area contributed by atoms with E-state index in [9.17, 15) is 9.59 Å². The van der Waals surface area contributed by atoms with Crippen molar-refractivity contribution < 1.29 is 23.5 Å². The Morgan fingerprint density at radius 2 is 1.93 bits per heavy atom. The lowest BCUT2D eigenvalue weighted by molar-refractivity contribution is -0.142. The van der Waals surface area contributed by atoms with Gasteiger partial charge in [-0.15, -0.1) is 0 Å². The number of aryl methyl sites for hydroxylation is 1. The van der Waals surface area contributed by atoms with E-state index in [1.807, 2.05) is 32.0 Å². The van der Waals surface area contributed by atoms with Crippen LogP contribution in [0.15, 0.2) is 22.6 Å². The van der Waals surface area contributed by atoms with Crippen LogP contribution in [0.4, 0.5) is 0 Å². The Hall–Kier alpha value is -2.54. The van der Waals surface area contributed by atoms with Crippen LogP contribution in [0.5, 0.6) is 5.75 Å². The molecule has 2 aromatic rings. The number of amides is 2. The average molecular weight is 386 g/mol. The molecule has 1 aromatic carbocycles. The molecule has 0 aliphatic carbocycles. The molecule has 4 rings (SSSR count). The summed E-state index contributed by atoms with van der Waals surface area (Å²) in [5.41, 5.74) is 1.50. The van der Waals surface area contributed by atoms with Crippen LogP contribution in [0.1, 0.15) is 35.9 Å². The Morgan fingerprint density at radius 3 is 2.61 bits per heavy atom. The summed E-state index contributed by atoms with van der Waals surface area (Å²) in [6, 6.07) is 5.59. The molecule has 0 bridgehead atoms. The average Bonchev–Trinajstić information content (AvgIpc) is 3.36. The molecule has 0 N–H and O–H groups in total. The van der Waals surface area contributed by atoms with Gasteiger partial charge in [-0.1, -0.05) is 0 Å². The molecule has 150 valence electrons. The standard InChI is InChI=1S/C21H26N2O5/c1-3-26-15-6-7-17-16(13-15)14(2)19(28-17)21(25)23-10-8-22(9-11-23)20(24)18-5-4-12-27-18/h6-7,13,18H,3-5,8-12H2,1-2H3/t18-/m1/s1. The summed E-state index contributed by atoms with van der Waals surface area (Å²) < 4.78 is 16.9. The van der Waals surface area contributed by atoms with E-state index in [0.29, 0.717) is 50.7 Å². The number of rotatable bonds is 4. The van der Waals surface area contributed by atoms with Gasteiger partial charge in [-0.25, -0.2) is 0 Å². The van der Waals surface area contributed by atoms with Gasteiger partial charge in [-0.3, -0.25) is 9.59 Å². The fourth-order valence-electron chi connectivity index (χ4n) is 3.91. The van der Waals surface area contributed by atoms with Crippen LogP contribution in [0.2, 0.25) is 0 Å². The Bertz CT molecular complexity index is 876. The molecule has 1 aromatic heterocycles. The van der Waals surface area contributed by atoms with Gasteiger partial charge in [0.2, 0.25) is 0 Å². The highest BCUT2D eigenvalue weighted by Crippen LogP contribution is 2.30. The lowest BCUT2D eigenvalue weighted by atomic mass is 10.1. The molecule has 2 aliphatic rings. The molecule has 1 atom stereocenters. The summed E-state index contributed by atoms with van der Waals surface area (Å²) in [5.74, 6) is 1.05. The molecule has 0 spiro atoms. The first-order valence-corrected chi connectivity index (χ1v) is 9.94. The molecule has 0 saturated carbocycles. The van der Waals surface area contributed by atoms with Gasteiger partial charge >= 0.3 is 0 Å². The zero-order valence-electron chi connectivity index (χ0n) is 16.4. The molecule has 2 fully saturated rings. The van der Waals surface area contributed by atoms with Gasteiger partial charge < -0.3 is 23.7 Å². The van der Waals surface area contributed by atoms with E-state index in [2.05, 4.69) is 0 Å². The summed E-state index contributed by atoms with van der Waals surface area (Å²) in [7, 11) is 0.